The molecule has 1 saturated heterocycles. The van der Waals surface area contributed by atoms with Crippen molar-refractivity contribution >= 4 is 17.5 Å². The summed E-state index contributed by atoms with van der Waals surface area (Å²) in [5.41, 5.74) is 0.877. The molecule has 0 spiro atoms. The largest absolute Gasteiger partial charge is 0.507 e. The first-order valence-corrected chi connectivity index (χ1v) is 8.14. The van der Waals surface area contributed by atoms with Gasteiger partial charge in [-0.3, -0.25) is 9.59 Å². The number of carbonyl (C=O) groups is 2. The molecule has 0 radical (unpaired) electrons. The van der Waals surface area contributed by atoms with Gasteiger partial charge in [0.1, 0.15) is 23.8 Å². The maximum Gasteiger partial charge on any atom is 0.258 e. The molecule has 1 N–H and O–H groups in total. The Labute approximate surface area is 151 Å². The number of benzene rings is 2. The molecule has 7 heteroatoms. The second kappa shape index (κ2) is 7.35. The summed E-state index contributed by atoms with van der Waals surface area (Å²) in [6.45, 7) is 0.684. The Morgan fingerprint density at radius 3 is 2.42 bits per heavy atom. The molecule has 136 valence electrons. The van der Waals surface area contributed by atoms with Crippen molar-refractivity contribution in [2.24, 2.45) is 0 Å². The van der Waals surface area contributed by atoms with E-state index in [0.717, 1.165) is 5.69 Å². The van der Waals surface area contributed by atoms with E-state index in [4.69, 9.17) is 9.47 Å². The van der Waals surface area contributed by atoms with Crippen molar-refractivity contribution in [3.8, 4) is 17.2 Å². The molecular weight excluding hydrogens is 336 g/mol. The Balaban J connectivity index is 1.74. The van der Waals surface area contributed by atoms with E-state index in [1.165, 1.54) is 24.1 Å². The first kappa shape index (κ1) is 17.6. The van der Waals surface area contributed by atoms with Crippen LogP contribution in [0.4, 0.5) is 5.69 Å². The summed E-state index contributed by atoms with van der Waals surface area (Å²) < 4.78 is 10.2. The second-order valence-electron chi connectivity index (χ2n) is 5.86. The van der Waals surface area contributed by atoms with Crippen LogP contribution < -0.4 is 14.4 Å². The van der Waals surface area contributed by atoms with E-state index in [0.29, 0.717) is 24.6 Å². The van der Waals surface area contributed by atoms with E-state index in [1.54, 1.807) is 30.2 Å². The van der Waals surface area contributed by atoms with E-state index in [2.05, 4.69) is 0 Å². The fourth-order valence-corrected chi connectivity index (χ4v) is 2.89. The van der Waals surface area contributed by atoms with Crippen molar-refractivity contribution in [1.29, 1.82) is 0 Å². The molecule has 3 rings (SSSR count). The Bertz CT molecular complexity index is 836. The number of phenols is 1. The highest BCUT2D eigenvalue weighted by molar-refractivity contribution is 6.03. The first-order chi connectivity index (χ1) is 12.5. The molecule has 2 amide bonds. The molecule has 0 bridgehead atoms. The van der Waals surface area contributed by atoms with Crippen LogP contribution in [0.5, 0.6) is 17.2 Å². The van der Waals surface area contributed by atoms with Gasteiger partial charge < -0.3 is 24.4 Å². The number of methoxy groups -OCH3 is 2. The zero-order valence-electron chi connectivity index (χ0n) is 14.6. The van der Waals surface area contributed by atoms with Crippen LogP contribution in [0.3, 0.4) is 0 Å². The van der Waals surface area contributed by atoms with Crippen molar-refractivity contribution in [2.45, 2.75) is 0 Å². The molecule has 1 aliphatic rings. The average Bonchev–Trinajstić information content (AvgIpc) is 2.67. The van der Waals surface area contributed by atoms with Crippen molar-refractivity contribution in [3.05, 3.63) is 48.0 Å². The van der Waals surface area contributed by atoms with Crippen molar-refractivity contribution in [2.75, 3.05) is 38.8 Å². The summed E-state index contributed by atoms with van der Waals surface area (Å²) in [7, 11) is 3.05. The minimum atomic E-state index is -0.385. The number of aromatic hydroxyl groups is 1. The summed E-state index contributed by atoms with van der Waals surface area (Å²) in [6, 6.07) is 11.7. The van der Waals surface area contributed by atoms with Gasteiger partial charge in [0.25, 0.3) is 5.91 Å². The molecule has 0 aliphatic carbocycles. The SMILES string of the molecule is COc1cccc(N2CCN(C(=O)c3ccc(OC)cc3O)CC2=O)c1. The summed E-state index contributed by atoms with van der Waals surface area (Å²) in [5, 5.41) is 10.0. The lowest BCUT2D eigenvalue weighted by Gasteiger charge is -2.34. The third-order valence-electron chi connectivity index (χ3n) is 4.31. The first-order valence-electron chi connectivity index (χ1n) is 8.14. The summed E-state index contributed by atoms with van der Waals surface area (Å²) >= 11 is 0. The number of hydrogen-bond acceptors (Lipinski definition) is 5. The van der Waals surface area contributed by atoms with Crippen LogP contribution in [-0.4, -0.2) is 55.7 Å². The van der Waals surface area contributed by atoms with Crippen LogP contribution in [0.1, 0.15) is 10.4 Å². The average molecular weight is 356 g/mol. The number of carbonyl (C=O) groups excluding carboxylic acids is 2. The fraction of sp³-hybridized carbons (Fsp3) is 0.263. The molecule has 0 atom stereocenters. The Morgan fingerprint density at radius 1 is 1.04 bits per heavy atom. The highest BCUT2D eigenvalue weighted by Crippen LogP contribution is 2.26. The molecule has 0 unspecified atom stereocenters. The maximum atomic E-state index is 12.6. The maximum absolute atomic E-state index is 12.6. The number of ether oxygens (including phenoxy) is 2. The van der Waals surface area contributed by atoms with E-state index in [1.807, 2.05) is 12.1 Å². The number of piperazine rings is 1. The number of phenolic OH excluding ortho intramolecular Hbond substituents is 1. The monoisotopic (exact) mass is 356 g/mol. The van der Waals surface area contributed by atoms with E-state index in [9.17, 15) is 14.7 Å². The number of hydrogen-bond donors (Lipinski definition) is 1. The van der Waals surface area contributed by atoms with Gasteiger partial charge in [-0.25, -0.2) is 0 Å². The van der Waals surface area contributed by atoms with E-state index >= 15 is 0 Å². The number of amides is 2. The Kier molecular flexibility index (Phi) is 4.97. The quantitative estimate of drug-likeness (QED) is 0.905. The highest BCUT2D eigenvalue weighted by Gasteiger charge is 2.29. The second-order valence-corrected chi connectivity index (χ2v) is 5.86. The number of rotatable bonds is 4. The lowest BCUT2D eigenvalue weighted by molar-refractivity contribution is -0.120. The minimum Gasteiger partial charge on any atom is -0.507 e. The van der Waals surface area contributed by atoms with Crippen LogP contribution in [0, 0.1) is 0 Å². The van der Waals surface area contributed by atoms with Gasteiger partial charge in [0.15, 0.2) is 0 Å². The molecule has 2 aromatic rings. The summed E-state index contributed by atoms with van der Waals surface area (Å²) in [4.78, 5) is 28.2. The van der Waals surface area contributed by atoms with Crippen molar-refractivity contribution < 1.29 is 24.2 Å². The molecular formula is C19H20N2O5. The number of anilines is 1. The molecule has 0 saturated carbocycles. The van der Waals surface area contributed by atoms with Crippen LogP contribution >= 0.6 is 0 Å². The lowest BCUT2D eigenvalue weighted by Crippen LogP contribution is -2.52. The van der Waals surface area contributed by atoms with Gasteiger partial charge in [0, 0.05) is 30.9 Å². The molecule has 2 aromatic carbocycles. The fourth-order valence-electron chi connectivity index (χ4n) is 2.89. The molecule has 26 heavy (non-hydrogen) atoms. The Morgan fingerprint density at radius 2 is 1.77 bits per heavy atom. The predicted octanol–water partition coefficient (Wildman–Crippen LogP) is 1.90. The third-order valence-corrected chi connectivity index (χ3v) is 4.31. The van der Waals surface area contributed by atoms with Gasteiger partial charge in [0.2, 0.25) is 5.91 Å². The lowest BCUT2D eigenvalue weighted by atomic mass is 10.1. The summed E-state index contributed by atoms with van der Waals surface area (Å²) in [5.74, 6) is 0.376. The van der Waals surface area contributed by atoms with Crippen molar-refractivity contribution in [1.82, 2.24) is 4.90 Å². The number of nitrogens with zero attached hydrogens (tertiary/aromatic N) is 2. The normalized spacial score (nSPS) is 14.3. The molecule has 7 nitrogen and oxygen atoms in total. The van der Waals surface area contributed by atoms with Crippen LogP contribution in [-0.2, 0) is 4.79 Å². The zero-order valence-corrected chi connectivity index (χ0v) is 14.6. The summed E-state index contributed by atoms with van der Waals surface area (Å²) in [6.07, 6.45) is 0. The van der Waals surface area contributed by atoms with E-state index in [-0.39, 0.29) is 29.7 Å². The highest BCUT2D eigenvalue weighted by atomic mass is 16.5. The van der Waals surface area contributed by atoms with Gasteiger partial charge in [0.05, 0.1) is 19.8 Å². The minimum absolute atomic E-state index is 0.0541. The van der Waals surface area contributed by atoms with Gasteiger partial charge in [-0.15, -0.1) is 0 Å². The third kappa shape index (κ3) is 3.42. The van der Waals surface area contributed by atoms with Gasteiger partial charge >= 0.3 is 0 Å². The topological polar surface area (TPSA) is 79.3 Å². The molecule has 1 heterocycles. The smallest absolute Gasteiger partial charge is 0.258 e. The zero-order chi connectivity index (χ0) is 18.7. The standard InChI is InChI=1S/C19H20N2O5/c1-25-14-5-3-4-13(10-14)21-9-8-20(12-18(21)23)19(24)16-7-6-15(26-2)11-17(16)22/h3-7,10-11,22H,8-9,12H2,1-2H3. The molecule has 1 fully saturated rings. The molecule has 0 aromatic heterocycles. The van der Waals surface area contributed by atoms with Gasteiger partial charge in [-0.05, 0) is 24.3 Å². The van der Waals surface area contributed by atoms with Crippen LogP contribution in [0.15, 0.2) is 42.5 Å². The molecule has 1 aliphatic heterocycles. The Hall–Kier alpha value is -3.22. The van der Waals surface area contributed by atoms with E-state index < -0.39 is 0 Å². The van der Waals surface area contributed by atoms with Gasteiger partial charge in [-0.2, -0.15) is 0 Å². The van der Waals surface area contributed by atoms with Crippen LogP contribution in [0.2, 0.25) is 0 Å². The predicted molar refractivity (Wildman–Crippen MR) is 95.9 cm³/mol. The van der Waals surface area contributed by atoms with Crippen LogP contribution in [0.25, 0.3) is 0 Å². The van der Waals surface area contributed by atoms with Crippen molar-refractivity contribution in [3.63, 3.8) is 0 Å². The van der Waals surface area contributed by atoms with Gasteiger partial charge in [-0.1, -0.05) is 6.07 Å².